The van der Waals surface area contributed by atoms with Crippen molar-refractivity contribution in [2.24, 2.45) is 0 Å². The molecule has 0 radical (unpaired) electrons. The van der Waals surface area contributed by atoms with E-state index >= 15 is 0 Å². The largest absolute Gasteiger partial charge is 0.394 e. The Bertz CT molecular complexity index is 2160. The van der Waals surface area contributed by atoms with Crippen LogP contribution in [0.15, 0.2) is 0 Å². The molecule has 0 unspecified atom stereocenters. The van der Waals surface area contributed by atoms with Crippen LogP contribution in [-0.2, 0) is 66.4 Å². The number of ether oxygens (including phenoxy) is 12. The lowest BCUT2D eigenvalue weighted by atomic mass is 9.79. The Labute approximate surface area is 580 Å². The van der Waals surface area contributed by atoms with Crippen LogP contribution in [0.3, 0.4) is 0 Å². The van der Waals surface area contributed by atoms with Crippen LogP contribution in [0.1, 0.15) is 132 Å². The van der Waals surface area contributed by atoms with Crippen LogP contribution in [0.2, 0.25) is 0 Å². The molecule has 0 aromatic heterocycles. The van der Waals surface area contributed by atoms with Gasteiger partial charge in [-0.25, -0.2) is 0 Å². The molecule has 30 atom stereocenters. The number of nitrogens with one attached hydrogen (secondary N) is 4. The van der Waals surface area contributed by atoms with E-state index in [1.165, 1.54) is 0 Å². The van der Waals surface area contributed by atoms with E-state index in [0.29, 0.717) is 12.8 Å². The van der Waals surface area contributed by atoms with Gasteiger partial charge in [-0.2, -0.15) is 0 Å². The molecule has 24 rings (SSSR count). The second-order valence-corrected chi connectivity index (χ2v) is 30.6. The van der Waals surface area contributed by atoms with Crippen molar-refractivity contribution in [2.45, 2.75) is 351 Å². The molecule has 36 heteroatoms. The van der Waals surface area contributed by atoms with Gasteiger partial charge in [-0.3, -0.25) is 9.59 Å². The first-order valence-electron chi connectivity index (χ1n) is 34.8. The molecule has 0 aromatic carbocycles. The first-order valence-corrected chi connectivity index (χ1v) is 34.8. The van der Waals surface area contributed by atoms with E-state index in [9.17, 15) is 102 Å². The van der Waals surface area contributed by atoms with E-state index < -0.39 is 224 Å². The lowest BCUT2D eigenvalue weighted by molar-refractivity contribution is -0.404. The number of amides is 2. The summed E-state index contributed by atoms with van der Waals surface area (Å²) >= 11 is 0. The van der Waals surface area contributed by atoms with Crippen molar-refractivity contribution < 1.29 is 158 Å². The normalized spacial score (nSPS) is 44.7. The van der Waals surface area contributed by atoms with Gasteiger partial charge >= 0.3 is 0 Å². The van der Waals surface area contributed by atoms with Crippen molar-refractivity contribution in [3.05, 3.63) is 0 Å². The maximum absolute atomic E-state index is 12.4. The topological polar surface area (TPSA) is 557 Å². The van der Waals surface area contributed by atoms with Crippen molar-refractivity contribution in [3.63, 3.8) is 0 Å². The summed E-state index contributed by atoms with van der Waals surface area (Å²) in [5.74, 6) is 0.388. The molecule has 24 fully saturated rings. The summed E-state index contributed by atoms with van der Waals surface area (Å²) in [6, 6.07) is 0.513. The number of piperidine rings is 2. The van der Waals surface area contributed by atoms with Crippen LogP contribution < -0.4 is 21.3 Å². The van der Waals surface area contributed by atoms with Gasteiger partial charge in [0.15, 0.2) is 37.7 Å². The smallest absolute Gasteiger partial charge is 0.220 e. The highest BCUT2D eigenvalue weighted by atomic mass is 16.8. The van der Waals surface area contributed by atoms with Gasteiger partial charge in [-0.05, 0) is 93.9 Å². The Morgan fingerprint density at radius 2 is 0.460 bits per heavy atom. The molecule has 24 aliphatic heterocycles. The lowest BCUT2D eigenvalue weighted by Crippen LogP contribution is -2.69. The van der Waals surface area contributed by atoms with Gasteiger partial charge in [0.2, 0.25) is 11.8 Å². The Kier molecular flexibility index (Phi) is 29.6. The molecular weight excluding hydrogens is 1340 g/mol. The molecule has 36 nitrogen and oxygen atoms in total. The molecule has 0 spiro atoms. The highest BCUT2D eigenvalue weighted by molar-refractivity contribution is 5.76. The second kappa shape index (κ2) is 35.6. The molecule has 22 N–H and O–H groups in total. The highest BCUT2D eigenvalue weighted by Gasteiger charge is 2.59. The summed E-state index contributed by atoms with van der Waals surface area (Å²) in [5, 5.41) is 209. The van der Waals surface area contributed by atoms with Gasteiger partial charge in [-0.15, -0.1) is 0 Å². The van der Waals surface area contributed by atoms with Crippen molar-refractivity contribution in [2.75, 3.05) is 39.6 Å². The number of hydrogen-bond donors (Lipinski definition) is 22. The summed E-state index contributed by atoms with van der Waals surface area (Å²) in [6.07, 6.45) is -47.0. The van der Waals surface area contributed by atoms with Crippen LogP contribution in [0.5, 0.6) is 0 Å². The maximum Gasteiger partial charge on any atom is 0.220 e. The highest BCUT2D eigenvalue weighted by Crippen LogP contribution is 2.39. The molecule has 0 saturated carbocycles. The van der Waals surface area contributed by atoms with Gasteiger partial charge in [0.25, 0.3) is 0 Å². The average molecular weight is 1450 g/mol. The van der Waals surface area contributed by atoms with Gasteiger partial charge in [0.1, 0.15) is 146 Å². The minimum atomic E-state index is -2.15. The Morgan fingerprint density at radius 3 is 0.630 bits per heavy atom. The molecule has 100 heavy (non-hydrogen) atoms. The SMILES string of the molecule is CC1(C)CC(NC(=O)CCCCCCCCC(=O)NC2CC(C)(C)NC(C)(C)C2)CC(C)(C)N1.OC[C@H]1O[C@@H]2O[C@H]3[C@H](O)[C@@H](O)[C@@H](O[C@H]4[C@H](O)[C@@H](O)[C@@H](O[C@H]5[C@H](O)[C@@H](O)[C@@H](O[C@H]6[C@H](O)[C@@H](O)[C@@H](O[C@H]7[C@H](O)[C@@H](O)[C@@H](O[C@H]1[C@H](O)[C@H]2O)O[C@@H]7CO)O[C@@H]6CO)O[C@@H]5CO)O[C@@H]4CO)O[C@@H]3CO. The minimum Gasteiger partial charge on any atom is -0.394 e. The third-order valence-corrected chi connectivity index (χ3v) is 19.8. The van der Waals surface area contributed by atoms with Gasteiger partial charge in [-0.1, -0.05) is 25.7 Å². The monoisotopic (exact) mass is 1450 g/mol. The molecule has 24 saturated heterocycles. The second-order valence-electron chi connectivity index (χ2n) is 30.6. The number of unbranched alkanes of at least 4 members (excludes halogenated alkanes) is 5. The lowest BCUT2D eigenvalue weighted by Gasteiger charge is -2.50. The number of hydrogen-bond acceptors (Lipinski definition) is 34. The van der Waals surface area contributed by atoms with E-state index in [0.717, 1.165) is 64.2 Å². The summed E-state index contributed by atoms with van der Waals surface area (Å²) < 4.78 is 67.9. The Balaban J connectivity index is 0.000000315. The molecular formula is C64H114N4O32. The fraction of sp³-hybridized carbons (Fsp3) is 0.969. The van der Waals surface area contributed by atoms with Crippen LogP contribution in [0.4, 0.5) is 0 Å². The van der Waals surface area contributed by atoms with E-state index in [4.69, 9.17) is 56.8 Å². The van der Waals surface area contributed by atoms with Crippen molar-refractivity contribution in [1.29, 1.82) is 0 Å². The zero-order chi connectivity index (χ0) is 73.7. The van der Waals surface area contributed by atoms with E-state index in [1.807, 2.05) is 0 Å². The minimum absolute atomic E-state index is 0.0530. The third kappa shape index (κ3) is 20.5. The van der Waals surface area contributed by atoms with Crippen LogP contribution >= 0.6 is 0 Å². The van der Waals surface area contributed by atoms with E-state index in [-0.39, 0.29) is 46.1 Å². The molecule has 0 aliphatic carbocycles. The fourth-order valence-electron chi connectivity index (χ4n) is 15.7. The zero-order valence-corrected chi connectivity index (χ0v) is 58.0. The van der Waals surface area contributed by atoms with Crippen molar-refractivity contribution in [3.8, 4) is 0 Å². The number of rotatable bonds is 17. The Hall–Kier alpha value is -2.34. The third-order valence-electron chi connectivity index (χ3n) is 19.8. The van der Waals surface area contributed by atoms with Crippen molar-refractivity contribution in [1.82, 2.24) is 21.3 Å². The van der Waals surface area contributed by atoms with Gasteiger partial charge in [0.05, 0.1) is 39.6 Å². The standard InChI is InChI=1S/C36H60O30.C28H54N4O2/c37-1-7-25-13(43)19(49)31(55-7)62-26-8(2-38)57-33(21(51)15(26)45)64-28-10(4-40)59-35(23(53)17(28)47)66-30-12(6-42)60-36(24(54)18(30)48)65-29-11(5-41)58-34(22(52)16(29)46)63-27-9(3-39)56-32(61-25)20(50)14(27)44;1-25(2)17-21(18-26(3,4)31-25)29-23(33)15-13-11-9-10-12-14-16-24(34)30-22-19-27(5,6)32-28(7,8)20-22/h7-54H,1-6H2;21-22,31-32H,9-20H2,1-8H3,(H,29,33)(H,30,34)/t7-,8-,9-,10-,11-,12-,13-,14-,15-,16-,17-,18-,19-,20-,21-,22-,23-,24-,25-,26-,27-,28-,29-,30-,31-,32-,33-,34-,35-,36-;/m1./s1. The summed E-state index contributed by atoms with van der Waals surface area (Å²) in [7, 11) is 0. The number of aliphatic hydroxyl groups excluding tert-OH is 18. The zero-order valence-electron chi connectivity index (χ0n) is 58.0. The molecule has 0 aromatic rings. The number of carbonyl (C=O) groups is 2. The number of aliphatic hydroxyl groups is 18. The first kappa shape index (κ1) is 83.3. The maximum atomic E-state index is 12.4. The quantitative estimate of drug-likeness (QED) is 0.0602. The molecule has 2 amide bonds. The van der Waals surface area contributed by atoms with E-state index in [2.05, 4.69) is 76.7 Å². The summed E-state index contributed by atoms with van der Waals surface area (Å²) in [6.45, 7) is 11.7. The van der Waals surface area contributed by atoms with E-state index in [1.54, 1.807) is 0 Å². The molecule has 582 valence electrons. The van der Waals surface area contributed by atoms with Crippen molar-refractivity contribution >= 4 is 11.8 Å². The van der Waals surface area contributed by atoms with Gasteiger partial charge in [0, 0.05) is 47.1 Å². The predicted molar refractivity (Wildman–Crippen MR) is 338 cm³/mol. The van der Waals surface area contributed by atoms with Crippen LogP contribution in [0, 0.1) is 0 Å². The fourth-order valence-corrected chi connectivity index (χ4v) is 15.7. The van der Waals surface area contributed by atoms with Gasteiger partial charge < -0.3 is 170 Å². The summed E-state index contributed by atoms with van der Waals surface area (Å²) in [4.78, 5) is 24.8. The first-order chi connectivity index (χ1) is 47.0. The average Bonchev–Trinajstić information content (AvgIpc) is 0.776. The predicted octanol–water partition coefficient (Wildman–Crippen LogP) is -8.10. The van der Waals surface area contributed by atoms with Crippen LogP contribution in [0.25, 0.3) is 0 Å². The summed E-state index contributed by atoms with van der Waals surface area (Å²) in [5.41, 5.74) is 0.212. The Morgan fingerprint density at radius 1 is 0.290 bits per heavy atom. The molecule has 24 heterocycles. The molecule has 12 bridgehead atoms. The molecule has 24 aliphatic rings. The van der Waals surface area contributed by atoms with Crippen LogP contribution in [-0.4, -0.2) is 362 Å². The number of carbonyl (C=O) groups excluding carboxylic acids is 2.